The van der Waals surface area contributed by atoms with E-state index < -0.39 is 0 Å². The van der Waals surface area contributed by atoms with Crippen molar-refractivity contribution in [1.82, 2.24) is 5.32 Å². The lowest BCUT2D eigenvalue weighted by atomic mass is 10.1. The zero-order valence-corrected chi connectivity index (χ0v) is 14.3. The maximum atomic E-state index is 5.47. The van der Waals surface area contributed by atoms with E-state index in [0.717, 1.165) is 40.7 Å². The zero-order valence-electron chi connectivity index (χ0n) is 14.3. The molecule has 0 spiro atoms. The van der Waals surface area contributed by atoms with E-state index in [-0.39, 0.29) is 12.8 Å². The molecule has 1 N–H and O–H groups in total. The lowest BCUT2D eigenvalue weighted by Crippen LogP contribution is -2.27. The molecule has 2 aromatic rings. The molecular weight excluding hydrogens is 322 g/mol. The molecule has 0 saturated carbocycles. The van der Waals surface area contributed by atoms with Crippen LogP contribution in [-0.4, -0.2) is 26.7 Å². The van der Waals surface area contributed by atoms with Crippen molar-refractivity contribution in [1.29, 1.82) is 0 Å². The number of fused-ring (bicyclic) bond motifs is 2. The Morgan fingerprint density at radius 1 is 0.960 bits per heavy atom. The molecule has 2 aliphatic rings. The molecular formula is C19H21NO5. The average Bonchev–Trinajstić information content (AvgIpc) is 3.26. The van der Waals surface area contributed by atoms with E-state index in [1.165, 1.54) is 5.56 Å². The molecule has 2 heterocycles. The number of ether oxygens (including phenoxy) is 5. The molecule has 0 aromatic heterocycles. The Morgan fingerprint density at radius 3 is 2.40 bits per heavy atom. The molecule has 0 radical (unpaired) electrons. The molecule has 132 valence electrons. The van der Waals surface area contributed by atoms with Gasteiger partial charge in [0.15, 0.2) is 23.0 Å². The van der Waals surface area contributed by atoms with Crippen molar-refractivity contribution in [2.45, 2.75) is 25.9 Å². The van der Waals surface area contributed by atoms with Gasteiger partial charge in [-0.25, -0.2) is 0 Å². The predicted molar refractivity (Wildman–Crippen MR) is 91.7 cm³/mol. The van der Waals surface area contributed by atoms with Crippen molar-refractivity contribution in [3.8, 4) is 28.7 Å². The Bertz CT molecular complexity index is 777. The monoisotopic (exact) mass is 343 g/mol. The van der Waals surface area contributed by atoms with Crippen molar-refractivity contribution in [3.63, 3.8) is 0 Å². The molecule has 0 saturated heterocycles. The standard InChI is InChI=1S/C19H21NO5/c1-12(5-13-3-4-15-17(6-13)23-10-22-15)20-9-14-7-18-19(25-11-24-18)8-16(14)21-2/h3-4,6-8,12,20H,5,9-11H2,1-2H3. The van der Waals surface area contributed by atoms with Gasteiger partial charge in [-0.15, -0.1) is 0 Å². The van der Waals surface area contributed by atoms with Crippen LogP contribution in [0.25, 0.3) is 0 Å². The first-order valence-corrected chi connectivity index (χ1v) is 8.31. The fourth-order valence-electron chi connectivity index (χ4n) is 3.07. The third kappa shape index (κ3) is 3.30. The summed E-state index contributed by atoms with van der Waals surface area (Å²) >= 11 is 0. The number of hydrogen-bond acceptors (Lipinski definition) is 6. The van der Waals surface area contributed by atoms with Crippen LogP contribution in [0.2, 0.25) is 0 Å². The van der Waals surface area contributed by atoms with Gasteiger partial charge in [0.25, 0.3) is 0 Å². The van der Waals surface area contributed by atoms with E-state index >= 15 is 0 Å². The van der Waals surface area contributed by atoms with E-state index in [1.807, 2.05) is 24.3 Å². The number of benzene rings is 2. The van der Waals surface area contributed by atoms with Gasteiger partial charge in [-0.05, 0) is 37.1 Å². The quantitative estimate of drug-likeness (QED) is 0.870. The van der Waals surface area contributed by atoms with Crippen molar-refractivity contribution in [2.24, 2.45) is 0 Å². The summed E-state index contributed by atoms with van der Waals surface area (Å²) in [4.78, 5) is 0. The highest BCUT2D eigenvalue weighted by Gasteiger charge is 2.18. The van der Waals surface area contributed by atoms with Gasteiger partial charge in [0.1, 0.15) is 5.75 Å². The van der Waals surface area contributed by atoms with Crippen LogP contribution in [-0.2, 0) is 13.0 Å². The van der Waals surface area contributed by atoms with Gasteiger partial charge in [-0.3, -0.25) is 0 Å². The SMILES string of the molecule is COc1cc2c(cc1CNC(C)Cc1ccc3c(c1)OCO3)OCO2. The third-order valence-electron chi connectivity index (χ3n) is 4.40. The normalized spacial score (nSPS) is 15.3. The second-order valence-electron chi connectivity index (χ2n) is 6.19. The Balaban J connectivity index is 1.39. The van der Waals surface area contributed by atoms with Gasteiger partial charge in [-0.2, -0.15) is 0 Å². The molecule has 2 aliphatic heterocycles. The van der Waals surface area contributed by atoms with Gasteiger partial charge >= 0.3 is 0 Å². The summed E-state index contributed by atoms with van der Waals surface area (Å²) in [5, 5.41) is 3.53. The van der Waals surface area contributed by atoms with Gasteiger partial charge in [0, 0.05) is 24.2 Å². The molecule has 0 bridgehead atoms. The molecule has 1 unspecified atom stereocenters. The molecule has 1 atom stereocenters. The highest BCUT2D eigenvalue weighted by Crippen LogP contribution is 2.38. The number of hydrogen-bond donors (Lipinski definition) is 1. The second-order valence-corrected chi connectivity index (χ2v) is 6.19. The minimum Gasteiger partial charge on any atom is -0.496 e. The molecule has 2 aromatic carbocycles. The Hall–Kier alpha value is -2.60. The van der Waals surface area contributed by atoms with Crippen LogP contribution in [0.15, 0.2) is 30.3 Å². The second kappa shape index (κ2) is 6.72. The predicted octanol–water partition coefficient (Wildman–Crippen LogP) is 2.87. The van der Waals surface area contributed by atoms with E-state index in [1.54, 1.807) is 7.11 Å². The van der Waals surface area contributed by atoms with Crippen molar-refractivity contribution < 1.29 is 23.7 Å². The topological polar surface area (TPSA) is 58.2 Å². The van der Waals surface area contributed by atoms with Crippen LogP contribution in [0.1, 0.15) is 18.1 Å². The first kappa shape index (κ1) is 15.9. The van der Waals surface area contributed by atoms with Crippen LogP contribution in [0.3, 0.4) is 0 Å². The first-order valence-electron chi connectivity index (χ1n) is 8.31. The van der Waals surface area contributed by atoms with Crippen LogP contribution in [0.5, 0.6) is 28.7 Å². The first-order chi connectivity index (χ1) is 12.2. The lowest BCUT2D eigenvalue weighted by Gasteiger charge is -2.16. The Kier molecular flexibility index (Phi) is 4.28. The summed E-state index contributed by atoms with van der Waals surface area (Å²) in [6.45, 7) is 3.40. The summed E-state index contributed by atoms with van der Waals surface area (Å²) in [5.41, 5.74) is 2.26. The smallest absolute Gasteiger partial charge is 0.231 e. The molecule has 6 heteroatoms. The summed E-state index contributed by atoms with van der Waals surface area (Å²) in [7, 11) is 1.66. The number of nitrogens with one attached hydrogen (secondary N) is 1. The fraction of sp³-hybridized carbons (Fsp3) is 0.368. The van der Waals surface area contributed by atoms with Crippen molar-refractivity contribution in [2.75, 3.05) is 20.7 Å². The minimum absolute atomic E-state index is 0.260. The minimum atomic E-state index is 0.260. The van der Waals surface area contributed by atoms with Gasteiger partial charge in [-0.1, -0.05) is 6.07 Å². The van der Waals surface area contributed by atoms with Crippen LogP contribution in [0, 0.1) is 0 Å². The molecule has 0 fully saturated rings. The highest BCUT2D eigenvalue weighted by atomic mass is 16.7. The van der Waals surface area contributed by atoms with E-state index in [0.29, 0.717) is 13.3 Å². The number of rotatable bonds is 6. The van der Waals surface area contributed by atoms with E-state index in [2.05, 4.69) is 18.3 Å². The van der Waals surface area contributed by atoms with E-state index in [9.17, 15) is 0 Å². The molecule has 0 amide bonds. The molecule has 6 nitrogen and oxygen atoms in total. The van der Waals surface area contributed by atoms with Gasteiger partial charge < -0.3 is 29.0 Å². The fourth-order valence-corrected chi connectivity index (χ4v) is 3.07. The zero-order chi connectivity index (χ0) is 17.2. The van der Waals surface area contributed by atoms with Crippen molar-refractivity contribution in [3.05, 3.63) is 41.5 Å². The Morgan fingerprint density at radius 2 is 1.64 bits per heavy atom. The summed E-state index contributed by atoms with van der Waals surface area (Å²) < 4.78 is 27.1. The largest absolute Gasteiger partial charge is 0.496 e. The summed E-state index contributed by atoms with van der Waals surface area (Å²) in [6, 6.07) is 10.2. The van der Waals surface area contributed by atoms with Crippen LogP contribution < -0.4 is 29.0 Å². The van der Waals surface area contributed by atoms with Gasteiger partial charge in [0.05, 0.1) is 7.11 Å². The van der Waals surface area contributed by atoms with Crippen LogP contribution >= 0.6 is 0 Å². The maximum absolute atomic E-state index is 5.47. The van der Waals surface area contributed by atoms with Crippen molar-refractivity contribution >= 4 is 0 Å². The lowest BCUT2D eigenvalue weighted by molar-refractivity contribution is 0.173. The molecule has 0 aliphatic carbocycles. The molecule has 25 heavy (non-hydrogen) atoms. The van der Waals surface area contributed by atoms with Crippen LogP contribution in [0.4, 0.5) is 0 Å². The van der Waals surface area contributed by atoms with E-state index in [4.69, 9.17) is 23.7 Å². The Labute approximate surface area is 146 Å². The molecule has 4 rings (SSSR count). The summed E-state index contributed by atoms with van der Waals surface area (Å²) in [6.07, 6.45) is 0.892. The third-order valence-corrected chi connectivity index (χ3v) is 4.40. The average molecular weight is 343 g/mol. The highest BCUT2D eigenvalue weighted by molar-refractivity contribution is 5.51. The summed E-state index contributed by atoms with van der Waals surface area (Å²) in [5.74, 6) is 3.93. The maximum Gasteiger partial charge on any atom is 0.231 e. The van der Waals surface area contributed by atoms with Gasteiger partial charge in [0.2, 0.25) is 13.6 Å². The number of methoxy groups -OCH3 is 1.